The van der Waals surface area contributed by atoms with Crippen LogP contribution >= 0.6 is 0 Å². The largest absolute Gasteiger partial charge is 0.344 e. The summed E-state index contributed by atoms with van der Waals surface area (Å²) in [4.78, 5) is 28.3. The molecule has 0 spiro atoms. The Hall–Kier alpha value is -2.40. The Kier molecular flexibility index (Phi) is 5.49. The lowest BCUT2D eigenvalue weighted by Crippen LogP contribution is -2.32. The number of rotatable bonds is 6. The molecule has 0 radical (unpaired) electrons. The maximum absolute atomic E-state index is 12.3. The van der Waals surface area contributed by atoms with E-state index >= 15 is 0 Å². The fourth-order valence-electron chi connectivity index (χ4n) is 2.21. The van der Waals surface area contributed by atoms with Gasteiger partial charge in [-0.2, -0.15) is 0 Å². The van der Waals surface area contributed by atoms with Crippen LogP contribution in [0.5, 0.6) is 0 Å². The number of hydrogen-bond donors (Lipinski definition) is 2. The second-order valence-corrected chi connectivity index (χ2v) is 5.46. The molecule has 1 aromatic heterocycles. The van der Waals surface area contributed by atoms with E-state index < -0.39 is 0 Å². The molecule has 0 aliphatic carbocycles. The molecule has 0 bridgehead atoms. The molecule has 2 rings (SSSR count). The van der Waals surface area contributed by atoms with Gasteiger partial charge in [-0.15, -0.1) is 0 Å². The minimum Gasteiger partial charge on any atom is -0.344 e. The Labute approximate surface area is 130 Å². The van der Waals surface area contributed by atoms with Gasteiger partial charge in [0, 0.05) is 6.07 Å². The number of carbonyl (C=O) groups excluding carboxylic acids is 1. The van der Waals surface area contributed by atoms with Gasteiger partial charge in [-0.05, 0) is 38.7 Å². The molecule has 0 saturated carbocycles. The molecule has 22 heavy (non-hydrogen) atoms. The SMILES string of the molecule is CN(C)CCC(NC(=O)c1cccc(=O)[nH]1)c1ccccc1. The van der Waals surface area contributed by atoms with Crippen LogP contribution in [0.4, 0.5) is 0 Å². The molecule has 116 valence electrons. The lowest BCUT2D eigenvalue weighted by molar-refractivity contribution is 0.0927. The van der Waals surface area contributed by atoms with Crippen LogP contribution in [-0.2, 0) is 0 Å². The van der Waals surface area contributed by atoms with E-state index in [2.05, 4.69) is 15.2 Å². The van der Waals surface area contributed by atoms with Gasteiger partial charge < -0.3 is 15.2 Å². The quantitative estimate of drug-likeness (QED) is 0.855. The summed E-state index contributed by atoms with van der Waals surface area (Å²) in [7, 11) is 4.00. The fourth-order valence-corrected chi connectivity index (χ4v) is 2.21. The average Bonchev–Trinajstić information content (AvgIpc) is 2.52. The van der Waals surface area contributed by atoms with Gasteiger partial charge in [0.2, 0.25) is 5.56 Å². The third-order valence-corrected chi connectivity index (χ3v) is 3.39. The van der Waals surface area contributed by atoms with Gasteiger partial charge in [0.1, 0.15) is 5.69 Å². The molecule has 1 atom stereocenters. The third kappa shape index (κ3) is 4.56. The maximum atomic E-state index is 12.3. The summed E-state index contributed by atoms with van der Waals surface area (Å²) in [6, 6.07) is 14.3. The van der Waals surface area contributed by atoms with Gasteiger partial charge in [0.25, 0.3) is 5.91 Å². The number of amides is 1. The zero-order chi connectivity index (χ0) is 15.9. The van der Waals surface area contributed by atoms with Crippen molar-refractivity contribution in [2.45, 2.75) is 12.5 Å². The highest BCUT2D eigenvalue weighted by atomic mass is 16.2. The lowest BCUT2D eigenvalue weighted by atomic mass is 10.0. The molecule has 1 amide bonds. The highest BCUT2D eigenvalue weighted by Crippen LogP contribution is 2.17. The molecule has 5 heteroatoms. The van der Waals surface area contributed by atoms with Crippen molar-refractivity contribution in [3.8, 4) is 0 Å². The number of benzene rings is 1. The monoisotopic (exact) mass is 299 g/mol. The minimum absolute atomic E-state index is 0.0974. The predicted molar refractivity (Wildman–Crippen MR) is 86.9 cm³/mol. The molecule has 2 N–H and O–H groups in total. The van der Waals surface area contributed by atoms with Crippen molar-refractivity contribution in [3.05, 3.63) is 70.1 Å². The molecular weight excluding hydrogens is 278 g/mol. The van der Waals surface area contributed by atoms with Gasteiger partial charge in [-0.3, -0.25) is 9.59 Å². The summed E-state index contributed by atoms with van der Waals surface area (Å²) in [5.41, 5.74) is 1.05. The van der Waals surface area contributed by atoms with E-state index in [4.69, 9.17) is 0 Å². The summed E-state index contributed by atoms with van der Waals surface area (Å²) in [6.07, 6.45) is 0.791. The number of nitrogens with one attached hydrogen (secondary N) is 2. The average molecular weight is 299 g/mol. The first-order valence-electron chi connectivity index (χ1n) is 7.26. The van der Waals surface area contributed by atoms with Crippen LogP contribution in [0.1, 0.15) is 28.5 Å². The maximum Gasteiger partial charge on any atom is 0.268 e. The Morgan fingerprint density at radius 2 is 1.86 bits per heavy atom. The molecule has 0 saturated heterocycles. The van der Waals surface area contributed by atoms with Gasteiger partial charge in [-0.1, -0.05) is 36.4 Å². The Morgan fingerprint density at radius 1 is 1.14 bits per heavy atom. The van der Waals surface area contributed by atoms with Gasteiger partial charge >= 0.3 is 0 Å². The van der Waals surface area contributed by atoms with E-state index in [9.17, 15) is 9.59 Å². The van der Waals surface area contributed by atoms with Crippen LogP contribution < -0.4 is 10.9 Å². The van der Waals surface area contributed by atoms with Crippen molar-refractivity contribution in [2.24, 2.45) is 0 Å². The summed E-state index contributed by atoms with van der Waals surface area (Å²) in [5.74, 6) is -0.273. The van der Waals surface area contributed by atoms with E-state index in [0.29, 0.717) is 0 Å². The number of hydrogen-bond acceptors (Lipinski definition) is 3. The molecule has 0 fully saturated rings. The van der Waals surface area contributed by atoms with E-state index in [1.54, 1.807) is 12.1 Å². The summed E-state index contributed by atoms with van der Waals surface area (Å²) in [5, 5.41) is 3.00. The first kappa shape index (κ1) is 16.0. The van der Waals surface area contributed by atoms with Crippen LogP contribution in [-0.4, -0.2) is 36.4 Å². The lowest BCUT2D eigenvalue weighted by Gasteiger charge is -2.21. The normalized spacial score (nSPS) is 12.1. The van der Waals surface area contributed by atoms with Crippen molar-refractivity contribution in [2.75, 3.05) is 20.6 Å². The van der Waals surface area contributed by atoms with Gasteiger partial charge in [-0.25, -0.2) is 0 Å². The van der Waals surface area contributed by atoms with Crippen molar-refractivity contribution in [3.63, 3.8) is 0 Å². The van der Waals surface area contributed by atoms with Crippen LogP contribution in [0.3, 0.4) is 0 Å². The van der Waals surface area contributed by atoms with Gasteiger partial charge in [0.05, 0.1) is 6.04 Å². The Morgan fingerprint density at radius 3 is 2.50 bits per heavy atom. The number of nitrogens with zero attached hydrogens (tertiary/aromatic N) is 1. The molecule has 0 aliphatic heterocycles. The molecule has 1 heterocycles. The fraction of sp³-hybridized carbons (Fsp3) is 0.294. The first-order valence-corrected chi connectivity index (χ1v) is 7.26. The molecule has 1 unspecified atom stereocenters. The highest BCUT2D eigenvalue weighted by molar-refractivity contribution is 5.92. The molecule has 2 aromatic rings. The highest BCUT2D eigenvalue weighted by Gasteiger charge is 2.16. The molecule has 0 aliphatic rings. The van der Waals surface area contributed by atoms with E-state index in [1.165, 1.54) is 6.07 Å². The number of H-pyrrole nitrogens is 1. The van der Waals surface area contributed by atoms with E-state index in [-0.39, 0.29) is 23.2 Å². The van der Waals surface area contributed by atoms with Crippen molar-refractivity contribution < 1.29 is 4.79 Å². The standard InChI is InChI=1S/C17H21N3O2/c1-20(2)12-11-14(13-7-4-3-5-8-13)19-17(22)15-9-6-10-16(21)18-15/h3-10,14H,11-12H2,1-2H3,(H,18,21)(H,19,22). The molecule has 1 aromatic carbocycles. The van der Waals surface area contributed by atoms with Crippen LogP contribution in [0, 0.1) is 0 Å². The van der Waals surface area contributed by atoms with Crippen molar-refractivity contribution >= 4 is 5.91 Å². The first-order chi connectivity index (χ1) is 10.6. The molecular formula is C17H21N3O2. The second kappa shape index (κ2) is 7.56. The number of pyridine rings is 1. The van der Waals surface area contributed by atoms with Crippen molar-refractivity contribution in [1.82, 2.24) is 15.2 Å². The Bertz CT molecular complexity index is 665. The number of carbonyl (C=O) groups is 1. The topological polar surface area (TPSA) is 65.2 Å². The van der Waals surface area contributed by atoms with Crippen LogP contribution in [0.25, 0.3) is 0 Å². The zero-order valence-electron chi connectivity index (χ0n) is 12.9. The third-order valence-electron chi connectivity index (χ3n) is 3.39. The molecule has 5 nitrogen and oxygen atoms in total. The predicted octanol–water partition coefficient (Wildman–Crippen LogP) is 1.80. The van der Waals surface area contributed by atoms with E-state index in [1.807, 2.05) is 44.4 Å². The summed E-state index contributed by atoms with van der Waals surface area (Å²) < 4.78 is 0. The summed E-state index contributed by atoms with van der Waals surface area (Å²) >= 11 is 0. The number of aromatic nitrogens is 1. The second-order valence-electron chi connectivity index (χ2n) is 5.46. The van der Waals surface area contributed by atoms with Crippen LogP contribution in [0.15, 0.2) is 53.3 Å². The zero-order valence-corrected chi connectivity index (χ0v) is 12.9. The van der Waals surface area contributed by atoms with Gasteiger partial charge in [0.15, 0.2) is 0 Å². The van der Waals surface area contributed by atoms with Crippen molar-refractivity contribution in [1.29, 1.82) is 0 Å². The smallest absolute Gasteiger partial charge is 0.268 e. The number of aromatic amines is 1. The summed E-state index contributed by atoms with van der Waals surface area (Å²) in [6.45, 7) is 0.852. The Balaban J connectivity index is 2.15. The minimum atomic E-state index is -0.280. The van der Waals surface area contributed by atoms with Crippen LogP contribution in [0.2, 0.25) is 0 Å². The van der Waals surface area contributed by atoms with E-state index in [0.717, 1.165) is 18.5 Å².